The molecule has 0 fully saturated rings. The molecular weight excluding hydrogens is 482 g/mol. The molecule has 0 aliphatic heterocycles. The lowest BCUT2D eigenvalue weighted by molar-refractivity contribution is -0.142. The molecule has 8 nitrogen and oxygen atoms in total. The number of rotatable bonds is 13. The Morgan fingerprint density at radius 1 is 1.00 bits per heavy atom. The van der Waals surface area contributed by atoms with Crippen LogP contribution in [0.1, 0.15) is 50.0 Å². The summed E-state index contributed by atoms with van der Waals surface area (Å²) in [4.78, 5) is 38.2. The number of carboxylic acid groups (broad SMARTS) is 1. The fourth-order valence-corrected chi connectivity index (χ4v) is 3.60. The highest BCUT2D eigenvalue weighted by Crippen LogP contribution is 2.24. The van der Waals surface area contributed by atoms with Gasteiger partial charge in [-0.15, -0.1) is 0 Å². The monoisotopic (exact) mass is 517 g/mol. The zero-order valence-electron chi connectivity index (χ0n) is 21.2. The van der Waals surface area contributed by atoms with Crippen molar-refractivity contribution in [1.82, 2.24) is 10.6 Å². The van der Waals surface area contributed by atoms with Crippen LogP contribution in [0.3, 0.4) is 0 Å². The molecule has 0 heterocycles. The van der Waals surface area contributed by atoms with Crippen molar-refractivity contribution in [3.8, 4) is 5.75 Å². The van der Waals surface area contributed by atoms with Crippen molar-refractivity contribution in [2.75, 3.05) is 6.61 Å². The number of hydrogen-bond acceptors (Lipinski definition) is 5. The summed E-state index contributed by atoms with van der Waals surface area (Å²) < 4.78 is 5.81. The lowest BCUT2D eigenvalue weighted by Crippen LogP contribution is -2.52. The Balaban J connectivity index is 2.28. The molecule has 2 aromatic rings. The summed E-state index contributed by atoms with van der Waals surface area (Å²) in [5, 5.41) is 15.3. The lowest BCUT2D eigenvalue weighted by atomic mass is 10.0. The van der Waals surface area contributed by atoms with E-state index < -0.39 is 29.9 Å². The van der Waals surface area contributed by atoms with Crippen molar-refractivity contribution >= 4 is 29.4 Å². The Bertz CT molecular complexity index is 1030. The second-order valence-corrected chi connectivity index (χ2v) is 10.0. The molecule has 0 saturated carbocycles. The molecule has 196 valence electrons. The Morgan fingerprint density at radius 2 is 1.67 bits per heavy atom. The van der Waals surface area contributed by atoms with E-state index in [4.69, 9.17) is 22.1 Å². The zero-order chi connectivity index (χ0) is 26.8. The van der Waals surface area contributed by atoms with Gasteiger partial charge in [0.05, 0.1) is 5.56 Å². The number of carbonyl (C=O) groups is 3. The molecule has 2 rings (SSSR count). The molecule has 0 aliphatic rings. The maximum absolute atomic E-state index is 13.3. The lowest BCUT2D eigenvalue weighted by Gasteiger charge is -2.23. The predicted octanol–water partition coefficient (Wildman–Crippen LogP) is 3.66. The van der Waals surface area contributed by atoms with Crippen molar-refractivity contribution < 1.29 is 24.2 Å². The SMILES string of the molecule is CC(C)C[C@H](NC(=O)[C@H](Cc1ccccc1)NC(=O)c1ccc(Cl)cc1OC[C@@H](N)C(C)C)C(=O)O. The van der Waals surface area contributed by atoms with Crippen LogP contribution in [0.2, 0.25) is 5.02 Å². The Labute approximate surface area is 217 Å². The van der Waals surface area contributed by atoms with Crippen molar-refractivity contribution in [2.45, 2.75) is 58.7 Å². The highest BCUT2D eigenvalue weighted by Gasteiger charge is 2.28. The molecule has 0 aromatic heterocycles. The molecule has 2 aromatic carbocycles. The van der Waals surface area contributed by atoms with Crippen LogP contribution in [0, 0.1) is 11.8 Å². The van der Waals surface area contributed by atoms with E-state index in [2.05, 4.69) is 10.6 Å². The first kappa shape index (κ1) is 29.1. The van der Waals surface area contributed by atoms with Crippen LogP contribution >= 0.6 is 11.6 Å². The van der Waals surface area contributed by atoms with E-state index in [1.165, 1.54) is 12.1 Å². The van der Waals surface area contributed by atoms with Crippen LogP contribution in [0.15, 0.2) is 48.5 Å². The number of benzene rings is 2. The first-order valence-corrected chi connectivity index (χ1v) is 12.4. The van der Waals surface area contributed by atoms with Gasteiger partial charge in [-0.1, -0.05) is 69.6 Å². The second kappa shape index (κ2) is 13.8. The minimum Gasteiger partial charge on any atom is -0.491 e. The number of aliphatic carboxylic acids is 1. The number of halogens is 1. The van der Waals surface area contributed by atoms with E-state index in [9.17, 15) is 19.5 Å². The van der Waals surface area contributed by atoms with E-state index in [1.54, 1.807) is 6.07 Å². The third kappa shape index (κ3) is 9.17. The van der Waals surface area contributed by atoms with Gasteiger partial charge in [0.1, 0.15) is 24.4 Å². The average molecular weight is 518 g/mol. The third-order valence-corrected chi connectivity index (χ3v) is 5.94. The summed E-state index contributed by atoms with van der Waals surface area (Å²) in [6.45, 7) is 7.87. The van der Waals surface area contributed by atoms with E-state index in [-0.39, 0.29) is 48.6 Å². The Morgan fingerprint density at radius 3 is 2.25 bits per heavy atom. The Kier molecular flexibility index (Phi) is 11.2. The summed E-state index contributed by atoms with van der Waals surface area (Å²) >= 11 is 6.13. The van der Waals surface area contributed by atoms with E-state index in [0.717, 1.165) is 5.56 Å². The molecule has 0 aliphatic carbocycles. The van der Waals surface area contributed by atoms with Gasteiger partial charge < -0.3 is 26.2 Å². The van der Waals surface area contributed by atoms with Crippen molar-refractivity contribution in [3.63, 3.8) is 0 Å². The zero-order valence-corrected chi connectivity index (χ0v) is 21.9. The standard InChI is InChI=1S/C27H36ClN3O5/c1-16(2)12-23(27(34)35)31-26(33)22(13-18-8-6-5-7-9-18)30-25(32)20-11-10-19(28)14-24(20)36-15-21(29)17(3)4/h5-11,14,16-17,21-23H,12-13,15,29H2,1-4H3,(H,30,32)(H,31,33)(H,34,35)/t21-,22+,23+/m1/s1. The smallest absolute Gasteiger partial charge is 0.326 e. The fourth-order valence-electron chi connectivity index (χ4n) is 3.44. The second-order valence-electron chi connectivity index (χ2n) is 9.60. The highest BCUT2D eigenvalue weighted by atomic mass is 35.5. The quantitative estimate of drug-likeness (QED) is 0.321. The van der Waals surface area contributed by atoms with Crippen LogP contribution in [-0.2, 0) is 16.0 Å². The van der Waals surface area contributed by atoms with Crippen molar-refractivity contribution in [1.29, 1.82) is 0 Å². The van der Waals surface area contributed by atoms with E-state index in [1.807, 2.05) is 58.0 Å². The molecule has 0 unspecified atom stereocenters. The van der Waals surface area contributed by atoms with Gasteiger partial charge in [-0.3, -0.25) is 9.59 Å². The normalized spacial score (nSPS) is 13.7. The molecule has 36 heavy (non-hydrogen) atoms. The molecule has 0 bridgehead atoms. The minimum atomic E-state index is -1.13. The van der Waals surface area contributed by atoms with Gasteiger partial charge in [0, 0.05) is 17.5 Å². The van der Waals surface area contributed by atoms with Gasteiger partial charge >= 0.3 is 5.97 Å². The van der Waals surface area contributed by atoms with Crippen molar-refractivity contribution in [3.05, 3.63) is 64.7 Å². The van der Waals surface area contributed by atoms with Gasteiger partial charge in [0.15, 0.2) is 0 Å². The molecule has 5 N–H and O–H groups in total. The first-order valence-electron chi connectivity index (χ1n) is 12.0. The summed E-state index contributed by atoms with van der Waals surface area (Å²) in [5.41, 5.74) is 7.08. The van der Waals surface area contributed by atoms with Gasteiger partial charge in [-0.05, 0) is 42.0 Å². The first-order chi connectivity index (χ1) is 17.0. The number of ether oxygens (including phenoxy) is 1. The molecule has 2 amide bonds. The predicted molar refractivity (Wildman–Crippen MR) is 140 cm³/mol. The third-order valence-electron chi connectivity index (χ3n) is 5.70. The van der Waals surface area contributed by atoms with Crippen LogP contribution in [0.5, 0.6) is 5.75 Å². The average Bonchev–Trinajstić information content (AvgIpc) is 2.81. The number of nitrogens with two attached hydrogens (primary N) is 1. The summed E-state index contributed by atoms with van der Waals surface area (Å²) in [6.07, 6.45) is 0.437. The van der Waals surface area contributed by atoms with Gasteiger partial charge in [-0.2, -0.15) is 0 Å². The molecule has 0 saturated heterocycles. The number of nitrogens with one attached hydrogen (secondary N) is 2. The van der Waals surface area contributed by atoms with Crippen molar-refractivity contribution in [2.24, 2.45) is 17.6 Å². The van der Waals surface area contributed by atoms with Crippen LogP contribution < -0.4 is 21.1 Å². The van der Waals surface area contributed by atoms with Crippen LogP contribution in [0.25, 0.3) is 0 Å². The van der Waals surface area contributed by atoms with Crippen LogP contribution in [-0.4, -0.2) is 47.6 Å². The maximum atomic E-state index is 13.3. The molecule has 3 atom stereocenters. The molecular formula is C27H36ClN3O5. The maximum Gasteiger partial charge on any atom is 0.326 e. The summed E-state index contributed by atoms with van der Waals surface area (Å²) in [7, 11) is 0. The molecule has 0 radical (unpaired) electrons. The van der Waals surface area contributed by atoms with E-state index in [0.29, 0.717) is 5.02 Å². The fraction of sp³-hybridized carbons (Fsp3) is 0.444. The number of hydrogen-bond donors (Lipinski definition) is 4. The number of carboxylic acids is 1. The molecule has 9 heteroatoms. The number of amides is 2. The van der Waals surface area contributed by atoms with Gasteiger partial charge in [-0.25, -0.2) is 4.79 Å². The topological polar surface area (TPSA) is 131 Å². The minimum absolute atomic E-state index is 0.0551. The van der Waals surface area contributed by atoms with E-state index >= 15 is 0 Å². The summed E-state index contributed by atoms with van der Waals surface area (Å²) in [5.74, 6) is -1.78. The highest BCUT2D eigenvalue weighted by molar-refractivity contribution is 6.30. The summed E-state index contributed by atoms with van der Waals surface area (Å²) in [6, 6.07) is 11.4. The van der Waals surface area contributed by atoms with Crippen LogP contribution in [0.4, 0.5) is 0 Å². The van der Waals surface area contributed by atoms with Gasteiger partial charge in [0.2, 0.25) is 5.91 Å². The molecule has 0 spiro atoms. The van der Waals surface area contributed by atoms with Gasteiger partial charge in [0.25, 0.3) is 5.91 Å². The Hall–Kier alpha value is -3.10. The largest absolute Gasteiger partial charge is 0.491 e. The number of carbonyl (C=O) groups excluding carboxylic acids is 2.